The molecule has 12 heteroatoms. The van der Waals surface area contributed by atoms with Crippen molar-refractivity contribution in [1.82, 2.24) is 25.0 Å². The summed E-state index contributed by atoms with van der Waals surface area (Å²) in [7, 11) is 1.44. The van der Waals surface area contributed by atoms with Crippen LogP contribution in [0.5, 0.6) is 5.75 Å². The SMILES string of the molecule is COc1cc(COC#N)c(F)c(C(Cc2ccc(C(=N)N)cc2)c2nn(-c3cccnn3)c(=O)[nH]2)c1. The molecule has 4 rings (SSSR count). The minimum Gasteiger partial charge on any atom is -0.497 e. The van der Waals surface area contributed by atoms with Crippen LogP contribution < -0.4 is 16.2 Å². The van der Waals surface area contributed by atoms with Gasteiger partial charge in [-0.3, -0.25) is 10.4 Å². The molecule has 2 heterocycles. The molecule has 4 aromatic rings. The van der Waals surface area contributed by atoms with E-state index in [1.54, 1.807) is 36.4 Å². The van der Waals surface area contributed by atoms with E-state index in [9.17, 15) is 4.79 Å². The van der Waals surface area contributed by atoms with E-state index in [-0.39, 0.29) is 41.6 Å². The van der Waals surface area contributed by atoms with Crippen molar-refractivity contribution in [1.29, 1.82) is 10.7 Å². The van der Waals surface area contributed by atoms with Crippen LogP contribution in [-0.2, 0) is 17.8 Å². The van der Waals surface area contributed by atoms with E-state index in [2.05, 4.69) is 20.3 Å². The molecule has 1 atom stereocenters. The van der Waals surface area contributed by atoms with Gasteiger partial charge in [-0.05, 0) is 36.2 Å². The Bertz CT molecular complexity index is 1480. The number of H-pyrrole nitrogens is 1. The summed E-state index contributed by atoms with van der Waals surface area (Å²) >= 11 is 0. The standard InChI is InChI=1S/C24H21FN8O3/c1-35-17-10-16(12-36-13-26)21(25)18(11-17)19(9-14-4-6-15(7-5-14)22(27)28)23-30-24(34)33(32-23)20-3-2-8-29-31-20/h2-8,10-11,19H,9,12H2,1H3,(H3,27,28)(H,30,32,34). The average molecular weight is 488 g/mol. The first-order valence-corrected chi connectivity index (χ1v) is 10.7. The van der Waals surface area contributed by atoms with Gasteiger partial charge in [-0.2, -0.15) is 15.0 Å². The van der Waals surface area contributed by atoms with E-state index in [0.29, 0.717) is 11.3 Å². The number of ether oxygens (including phenoxy) is 2. The number of methoxy groups -OCH3 is 1. The second-order valence-corrected chi connectivity index (χ2v) is 7.75. The number of aromatic amines is 1. The maximum atomic E-state index is 15.7. The summed E-state index contributed by atoms with van der Waals surface area (Å²) in [5.41, 5.74) is 6.59. The van der Waals surface area contributed by atoms with Gasteiger partial charge in [0.05, 0.1) is 13.0 Å². The molecule has 2 aromatic heterocycles. The molecule has 36 heavy (non-hydrogen) atoms. The molecule has 0 aliphatic carbocycles. The molecule has 0 aliphatic heterocycles. The Hall–Kier alpha value is -5.05. The molecule has 4 N–H and O–H groups in total. The maximum absolute atomic E-state index is 15.7. The summed E-state index contributed by atoms with van der Waals surface area (Å²) < 4.78 is 26.9. The molecule has 182 valence electrons. The zero-order valence-corrected chi connectivity index (χ0v) is 19.1. The summed E-state index contributed by atoms with van der Waals surface area (Å²) in [5.74, 6) is -0.743. The van der Waals surface area contributed by atoms with Crippen LogP contribution in [0.15, 0.2) is 59.5 Å². The number of amidine groups is 1. The predicted molar refractivity (Wildman–Crippen MR) is 126 cm³/mol. The van der Waals surface area contributed by atoms with Crippen LogP contribution in [0.25, 0.3) is 5.82 Å². The molecule has 0 spiro atoms. The molecule has 0 saturated heterocycles. The number of hydrogen-bond donors (Lipinski definition) is 3. The van der Waals surface area contributed by atoms with Gasteiger partial charge in [0, 0.05) is 22.9 Å². The van der Waals surface area contributed by atoms with E-state index in [1.807, 2.05) is 0 Å². The van der Waals surface area contributed by atoms with Crippen molar-refractivity contribution in [3.63, 3.8) is 0 Å². The third kappa shape index (κ3) is 5.05. The predicted octanol–water partition coefficient (Wildman–Crippen LogP) is 2.15. The van der Waals surface area contributed by atoms with Gasteiger partial charge in [-0.1, -0.05) is 24.3 Å². The summed E-state index contributed by atoms with van der Waals surface area (Å²) in [5, 5.41) is 28.5. The molecular weight excluding hydrogens is 467 g/mol. The number of nitrogens with zero attached hydrogens (tertiary/aromatic N) is 5. The van der Waals surface area contributed by atoms with E-state index in [1.165, 1.54) is 31.7 Å². The fraction of sp³-hybridized carbons (Fsp3) is 0.167. The normalized spacial score (nSPS) is 11.5. The second-order valence-electron chi connectivity index (χ2n) is 7.75. The highest BCUT2D eigenvalue weighted by atomic mass is 19.1. The number of nitrogen functional groups attached to an aromatic ring is 1. The Balaban J connectivity index is 1.84. The fourth-order valence-corrected chi connectivity index (χ4v) is 3.73. The molecule has 1 unspecified atom stereocenters. The molecule has 0 amide bonds. The number of halogens is 1. The number of nitrogens with two attached hydrogens (primary N) is 1. The van der Waals surface area contributed by atoms with Crippen molar-refractivity contribution >= 4 is 5.84 Å². The maximum Gasteiger partial charge on any atom is 0.349 e. The first kappa shape index (κ1) is 24.1. The van der Waals surface area contributed by atoms with E-state index in [0.717, 1.165) is 10.2 Å². The van der Waals surface area contributed by atoms with Gasteiger partial charge in [0.25, 0.3) is 6.26 Å². The van der Waals surface area contributed by atoms with Crippen molar-refractivity contribution in [2.45, 2.75) is 18.9 Å². The largest absolute Gasteiger partial charge is 0.497 e. The topological polar surface area (TPSA) is 169 Å². The summed E-state index contributed by atoms with van der Waals surface area (Å²) in [6, 6.07) is 13.0. The summed E-state index contributed by atoms with van der Waals surface area (Å²) in [6.07, 6.45) is 3.23. The van der Waals surface area contributed by atoms with E-state index < -0.39 is 17.4 Å². The highest BCUT2D eigenvalue weighted by molar-refractivity contribution is 5.94. The number of nitrogens with one attached hydrogen (secondary N) is 2. The lowest BCUT2D eigenvalue weighted by Gasteiger charge is -2.19. The van der Waals surface area contributed by atoms with Crippen molar-refractivity contribution in [3.05, 3.63) is 99.1 Å². The third-order valence-electron chi connectivity index (χ3n) is 5.50. The van der Waals surface area contributed by atoms with Crippen LogP contribution in [0, 0.1) is 22.7 Å². The van der Waals surface area contributed by atoms with Crippen LogP contribution in [0.2, 0.25) is 0 Å². The zero-order chi connectivity index (χ0) is 25.7. The van der Waals surface area contributed by atoms with Gasteiger partial charge >= 0.3 is 5.69 Å². The Morgan fingerprint density at radius 3 is 2.72 bits per heavy atom. The van der Waals surface area contributed by atoms with Crippen LogP contribution in [0.3, 0.4) is 0 Å². The van der Waals surface area contributed by atoms with Gasteiger partial charge in [0.2, 0.25) is 0 Å². The minimum atomic E-state index is -0.769. The fourth-order valence-electron chi connectivity index (χ4n) is 3.73. The molecule has 0 bridgehead atoms. The number of hydrogen-bond acceptors (Lipinski definition) is 8. The van der Waals surface area contributed by atoms with Crippen LogP contribution in [0.4, 0.5) is 4.39 Å². The third-order valence-corrected chi connectivity index (χ3v) is 5.50. The Morgan fingerprint density at radius 1 is 1.31 bits per heavy atom. The zero-order valence-electron chi connectivity index (χ0n) is 19.1. The van der Waals surface area contributed by atoms with Crippen LogP contribution in [-0.4, -0.2) is 37.9 Å². The lowest BCUT2D eigenvalue weighted by Crippen LogP contribution is -2.17. The lowest BCUT2D eigenvalue weighted by molar-refractivity contribution is 0.251. The van der Waals surface area contributed by atoms with Crippen LogP contribution >= 0.6 is 0 Å². The molecule has 0 radical (unpaired) electrons. The molecular formula is C24H21FN8O3. The minimum absolute atomic E-state index is 0.0777. The number of aromatic nitrogens is 5. The number of rotatable bonds is 9. The molecule has 0 saturated carbocycles. The van der Waals surface area contributed by atoms with Crippen molar-refractivity contribution < 1.29 is 13.9 Å². The Morgan fingerprint density at radius 2 is 2.08 bits per heavy atom. The monoisotopic (exact) mass is 488 g/mol. The lowest BCUT2D eigenvalue weighted by atomic mass is 9.89. The molecule has 0 aliphatic rings. The van der Waals surface area contributed by atoms with E-state index >= 15 is 4.39 Å². The Labute approximate surface area is 204 Å². The second kappa shape index (κ2) is 10.5. The van der Waals surface area contributed by atoms with Crippen molar-refractivity contribution in [2.75, 3.05) is 7.11 Å². The number of benzene rings is 2. The quantitative estimate of drug-likeness (QED) is 0.183. The first-order valence-electron chi connectivity index (χ1n) is 10.7. The molecule has 11 nitrogen and oxygen atoms in total. The van der Waals surface area contributed by atoms with Gasteiger partial charge in [0.1, 0.15) is 29.8 Å². The summed E-state index contributed by atoms with van der Waals surface area (Å²) in [4.78, 5) is 15.4. The van der Waals surface area contributed by atoms with E-state index in [4.69, 9.17) is 25.9 Å². The van der Waals surface area contributed by atoms with Crippen molar-refractivity contribution in [2.24, 2.45) is 5.73 Å². The number of nitriles is 1. The van der Waals surface area contributed by atoms with Gasteiger partial charge in [0.15, 0.2) is 5.82 Å². The van der Waals surface area contributed by atoms with Gasteiger partial charge in [-0.25, -0.2) is 9.18 Å². The average Bonchev–Trinajstić information content (AvgIpc) is 3.28. The smallest absolute Gasteiger partial charge is 0.349 e. The van der Waals surface area contributed by atoms with Crippen molar-refractivity contribution in [3.8, 4) is 17.8 Å². The summed E-state index contributed by atoms with van der Waals surface area (Å²) in [6.45, 7) is -0.295. The highest BCUT2D eigenvalue weighted by Crippen LogP contribution is 2.33. The molecule has 2 aromatic carbocycles. The Kier molecular flexibility index (Phi) is 7.01. The highest BCUT2D eigenvalue weighted by Gasteiger charge is 2.26. The van der Waals surface area contributed by atoms with Gasteiger partial charge < -0.3 is 15.2 Å². The molecule has 0 fully saturated rings. The van der Waals surface area contributed by atoms with Gasteiger partial charge in [-0.15, -0.1) is 10.2 Å². The first-order chi connectivity index (χ1) is 17.4. The van der Waals surface area contributed by atoms with Crippen LogP contribution in [0.1, 0.15) is 34.0 Å².